The van der Waals surface area contributed by atoms with Crippen LogP contribution in [0.1, 0.15) is 43.5 Å². The van der Waals surface area contributed by atoms with E-state index in [0.29, 0.717) is 40.6 Å². The van der Waals surface area contributed by atoms with E-state index in [-0.39, 0.29) is 5.92 Å². The minimum Gasteiger partial charge on any atom is -0.339 e. The van der Waals surface area contributed by atoms with E-state index in [0.717, 1.165) is 12.0 Å². The summed E-state index contributed by atoms with van der Waals surface area (Å²) in [5.74, 6) is 1.77. The van der Waals surface area contributed by atoms with Crippen molar-refractivity contribution in [3.8, 4) is 0 Å². The third-order valence-electron chi connectivity index (χ3n) is 3.27. The van der Waals surface area contributed by atoms with Crippen LogP contribution < -0.4 is 5.73 Å². The van der Waals surface area contributed by atoms with Gasteiger partial charge in [0.15, 0.2) is 5.82 Å². The lowest BCUT2D eigenvalue weighted by Crippen LogP contribution is -2.15. The highest BCUT2D eigenvalue weighted by Crippen LogP contribution is 2.27. The van der Waals surface area contributed by atoms with Crippen molar-refractivity contribution >= 4 is 23.2 Å². The predicted octanol–water partition coefficient (Wildman–Crippen LogP) is 4.06. The lowest BCUT2D eigenvalue weighted by Gasteiger charge is -2.11. The lowest BCUT2D eigenvalue weighted by atomic mass is 9.97. The van der Waals surface area contributed by atoms with Gasteiger partial charge in [0.1, 0.15) is 0 Å². The van der Waals surface area contributed by atoms with Crippen LogP contribution in [-0.2, 0) is 6.42 Å². The second-order valence-corrected chi connectivity index (χ2v) is 6.30. The Labute approximate surface area is 134 Å². The second-order valence-electron chi connectivity index (χ2n) is 5.49. The summed E-state index contributed by atoms with van der Waals surface area (Å²) in [6.45, 7) is 4.78. The summed E-state index contributed by atoms with van der Waals surface area (Å²) in [7, 11) is 0. The molecule has 0 saturated heterocycles. The first-order valence-electron chi connectivity index (χ1n) is 6.96. The van der Waals surface area contributed by atoms with Crippen molar-refractivity contribution in [3.63, 3.8) is 0 Å². The normalized spacial score (nSPS) is 12.9. The molecule has 1 atom stereocenters. The van der Waals surface area contributed by atoms with Crippen molar-refractivity contribution < 1.29 is 4.52 Å². The SMILES string of the molecule is CC(C)CC(CN)c1nc(Cc2c(Cl)cccc2Cl)no1. The molecule has 1 unspecified atom stereocenters. The zero-order valence-electron chi connectivity index (χ0n) is 12.1. The molecule has 0 fully saturated rings. The van der Waals surface area contributed by atoms with Crippen molar-refractivity contribution in [2.24, 2.45) is 11.7 Å². The van der Waals surface area contributed by atoms with Crippen molar-refractivity contribution in [2.75, 3.05) is 6.54 Å². The first kappa shape index (κ1) is 16.3. The summed E-state index contributed by atoms with van der Waals surface area (Å²) in [5, 5.41) is 5.22. The maximum absolute atomic E-state index is 6.15. The van der Waals surface area contributed by atoms with Crippen LogP contribution in [0.15, 0.2) is 22.7 Å². The Morgan fingerprint density at radius 2 is 1.90 bits per heavy atom. The number of rotatable bonds is 6. The van der Waals surface area contributed by atoms with E-state index in [1.165, 1.54) is 0 Å². The van der Waals surface area contributed by atoms with Gasteiger partial charge in [-0.15, -0.1) is 0 Å². The van der Waals surface area contributed by atoms with Gasteiger partial charge < -0.3 is 10.3 Å². The largest absolute Gasteiger partial charge is 0.339 e. The van der Waals surface area contributed by atoms with Gasteiger partial charge in [0.25, 0.3) is 0 Å². The van der Waals surface area contributed by atoms with Gasteiger partial charge in [0.2, 0.25) is 5.89 Å². The summed E-state index contributed by atoms with van der Waals surface area (Å²) < 4.78 is 5.34. The van der Waals surface area contributed by atoms with Gasteiger partial charge in [-0.3, -0.25) is 0 Å². The topological polar surface area (TPSA) is 64.9 Å². The summed E-state index contributed by atoms with van der Waals surface area (Å²) >= 11 is 12.3. The van der Waals surface area contributed by atoms with Gasteiger partial charge in [-0.05, 0) is 30.0 Å². The first-order valence-corrected chi connectivity index (χ1v) is 7.72. The average molecular weight is 328 g/mol. The molecule has 0 aliphatic heterocycles. The highest BCUT2D eigenvalue weighted by atomic mass is 35.5. The molecule has 1 aromatic carbocycles. The molecule has 1 aromatic heterocycles. The van der Waals surface area contributed by atoms with E-state index in [4.69, 9.17) is 33.5 Å². The number of nitrogens with zero attached hydrogens (tertiary/aromatic N) is 2. The quantitative estimate of drug-likeness (QED) is 0.868. The molecular weight excluding hydrogens is 309 g/mol. The van der Waals surface area contributed by atoms with Crippen molar-refractivity contribution in [3.05, 3.63) is 45.5 Å². The monoisotopic (exact) mass is 327 g/mol. The van der Waals surface area contributed by atoms with E-state index in [1.54, 1.807) is 12.1 Å². The number of nitrogens with two attached hydrogens (primary N) is 1. The minimum absolute atomic E-state index is 0.0907. The summed E-state index contributed by atoms with van der Waals surface area (Å²) in [4.78, 5) is 4.44. The Morgan fingerprint density at radius 3 is 2.48 bits per heavy atom. The fraction of sp³-hybridized carbons (Fsp3) is 0.467. The van der Waals surface area contributed by atoms with Crippen LogP contribution in [0.25, 0.3) is 0 Å². The molecule has 114 valence electrons. The Morgan fingerprint density at radius 1 is 1.24 bits per heavy atom. The third-order valence-corrected chi connectivity index (χ3v) is 3.98. The molecule has 2 N–H and O–H groups in total. The molecule has 0 spiro atoms. The van der Waals surface area contributed by atoms with Crippen LogP contribution in [-0.4, -0.2) is 16.7 Å². The fourth-order valence-electron chi connectivity index (χ4n) is 2.23. The molecule has 2 aromatic rings. The van der Waals surface area contributed by atoms with E-state index >= 15 is 0 Å². The van der Waals surface area contributed by atoms with E-state index in [2.05, 4.69) is 24.0 Å². The molecule has 0 aliphatic rings. The molecule has 4 nitrogen and oxygen atoms in total. The van der Waals surface area contributed by atoms with Crippen LogP contribution >= 0.6 is 23.2 Å². The smallest absolute Gasteiger partial charge is 0.231 e. The first-order chi connectivity index (χ1) is 10.0. The molecule has 0 radical (unpaired) electrons. The van der Waals surface area contributed by atoms with Crippen molar-refractivity contribution in [2.45, 2.75) is 32.6 Å². The summed E-state index contributed by atoms with van der Waals surface area (Å²) in [5.41, 5.74) is 6.60. The van der Waals surface area contributed by atoms with Crippen LogP contribution in [0.4, 0.5) is 0 Å². The highest BCUT2D eigenvalue weighted by molar-refractivity contribution is 6.36. The lowest BCUT2D eigenvalue weighted by molar-refractivity contribution is 0.332. The molecule has 0 aliphatic carbocycles. The Kier molecular flexibility index (Phi) is 5.62. The predicted molar refractivity (Wildman–Crippen MR) is 84.8 cm³/mol. The third kappa shape index (κ3) is 4.19. The molecule has 0 saturated carbocycles. The Balaban J connectivity index is 2.16. The van der Waals surface area contributed by atoms with Gasteiger partial charge in [-0.2, -0.15) is 4.98 Å². The van der Waals surface area contributed by atoms with Crippen LogP contribution in [0.5, 0.6) is 0 Å². The summed E-state index contributed by atoms with van der Waals surface area (Å²) in [6.07, 6.45) is 1.37. The van der Waals surface area contributed by atoms with Gasteiger partial charge >= 0.3 is 0 Å². The Bertz CT molecular complexity index is 578. The molecule has 0 amide bonds. The van der Waals surface area contributed by atoms with Gasteiger partial charge in [-0.25, -0.2) is 0 Å². The maximum atomic E-state index is 6.15. The average Bonchev–Trinajstić information content (AvgIpc) is 2.88. The zero-order chi connectivity index (χ0) is 15.4. The molecule has 21 heavy (non-hydrogen) atoms. The Hall–Kier alpha value is -1.10. The zero-order valence-corrected chi connectivity index (χ0v) is 13.7. The van der Waals surface area contributed by atoms with E-state index in [1.807, 2.05) is 6.07 Å². The fourth-order valence-corrected chi connectivity index (χ4v) is 2.76. The van der Waals surface area contributed by atoms with E-state index in [9.17, 15) is 0 Å². The number of halogens is 2. The molecule has 2 rings (SSSR count). The van der Waals surface area contributed by atoms with E-state index < -0.39 is 0 Å². The molecule has 6 heteroatoms. The standard InChI is InChI=1S/C15H19Cl2N3O/c1-9(2)6-10(8-18)15-19-14(20-21-15)7-11-12(16)4-3-5-13(11)17/h3-5,9-10H,6-8,18H2,1-2H3. The van der Waals surface area contributed by atoms with Gasteiger partial charge in [-0.1, -0.05) is 48.3 Å². The number of hydrogen-bond acceptors (Lipinski definition) is 4. The maximum Gasteiger partial charge on any atom is 0.231 e. The van der Waals surface area contributed by atoms with Crippen LogP contribution in [0, 0.1) is 5.92 Å². The minimum atomic E-state index is 0.0907. The van der Waals surface area contributed by atoms with Crippen molar-refractivity contribution in [1.29, 1.82) is 0 Å². The molecule has 0 bridgehead atoms. The van der Waals surface area contributed by atoms with Gasteiger partial charge in [0, 0.05) is 23.0 Å². The molecular formula is C15H19Cl2N3O. The van der Waals surface area contributed by atoms with Crippen LogP contribution in [0.3, 0.4) is 0 Å². The van der Waals surface area contributed by atoms with Crippen molar-refractivity contribution in [1.82, 2.24) is 10.1 Å². The number of aromatic nitrogens is 2. The summed E-state index contributed by atoms with van der Waals surface area (Å²) in [6, 6.07) is 5.40. The molecule has 1 heterocycles. The number of benzene rings is 1. The highest BCUT2D eigenvalue weighted by Gasteiger charge is 2.19. The van der Waals surface area contributed by atoms with Crippen LogP contribution in [0.2, 0.25) is 10.0 Å². The van der Waals surface area contributed by atoms with Gasteiger partial charge in [0.05, 0.1) is 5.92 Å². The second kappa shape index (κ2) is 7.25. The number of hydrogen-bond donors (Lipinski definition) is 1.